The molecule has 0 bridgehead atoms. The summed E-state index contributed by atoms with van der Waals surface area (Å²) < 4.78 is 4.93. The number of rotatable bonds is 3. The van der Waals surface area contributed by atoms with Crippen molar-refractivity contribution in [3.8, 4) is 5.75 Å². The molecule has 6 nitrogen and oxygen atoms in total. The molecule has 0 aromatic heterocycles. The van der Waals surface area contributed by atoms with Crippen molar-refractivity contribution in [2.75, 3.05) is 7.11 Å². The summed E-state index contributed by atoms with van der Waals surface area (Å²) >= 11 is 0. The molecule has 1 aliphatic carbocycles. The van der Waals surface area contributed by atoms with Gasteiger partial charge < -0.3 is 4.74 Å². The Morgan fingerprint density at radius 1 is 1.04 bits per heavy atom. The minimum absolute atomic E-state index is 0.00525. The van der Waals surface area contributed by atoms with Crippen LogP contribution in [0.1, 0.15) is 26.3 Å². The molecular formula is C17H11NO5. The van der Waals surface area contributed by atoms with Crippen LogP contribution in [0, 0.1) is 10.1 Å². The van der Waals surface area contributed by atoms with E-state index < -0.39 is 4.92 Å². The molecule has 2 aromatic rings. The van der Waals surface area contributed by atoms with Crippen LogP contribution in [0.25, 0.3) is 6.08 Å². The summed E-state index contributed by atoms with van der Waals surface area (Å²) in [5, 5.41) is 11.0. The molecular weight excluding hydrogens is 298 g/mol. The predicted molar refractivity (Wildman–Crippen MR) is 82.7 cm³/mol. The smallest absolute Gasteiger partial charge is 0.311 e. The Morgan fingerprint density at radius 2 is 1.65 bits per heavy atom. The second-order valence-corrected chi connectivity index (χ2v) is 4.95. The first-order chi connectivity index (χ1) is 11.0. The molecule has 0 atom stereocenters. The molecule has 0 amide bonds. The number of ether oxygens (including phenoxy) is 1. The molecule has 1 aliphatic rings. The molecule has 0 aliphatic heterocycles. The average Bonchev–Trinajstić information content (AvgIpc) is 2.80. The lowest BCUT2D eigenvalue weighted by Gasteiger charge is -2.02. The Hall–Kier alpha value is -3.28. The van der Waals surface area contributed by atoms with E-state index in [9.17, 15) is 19.7 Å². The van der Waals surface area contributed by atoms with Gasteiger partial charge in [-0.15, -0.1) is 0 Å². The molecule has 6 heteroatoms. The van der Waals surface area contributed by atoms with Gasteiger partial charge in [0.1, 0.15) is 0 Å². The first-order valence-electron chi connectivity index (χ1n) is 6.75. The maximum absolute atomic E-state index is 12.3. The van der Waals surface area contributed by atoms with Crippen LogP contribution >= 0.6 is 0 Å². The second-order valence-electron chi connectivity index (χ2n) is 4.95. The van der Waals surface area contributed by atoms with Crippen molar-refractivity contribution in [3.05, 3.63) is 74.8 Å². The number of allylic oxidation sites excluding steroid dienone is 1. The Labute approximate surface area is 131 Å². The van der Waals surface area contributed by atoms with E-state index in [1.165, 1.54) is 25.3 Å². The zero-order valence-electron chi connectivity index (χ0n) is 12.1. The van der Waals surface area contributed by atoms with E-state index in [0.29, 0.717) is 16.7 Å². The maximum atomic E-state index is 12.3. The number of hydrogen-bond donors (Lipinski definition) is 0. The third kappa shape index (κ3) is 2.40. The number of ketones is 2. The fourth-order valence-corrected chi connectivity index (χ4v) is 2.51. The molecule has 3 rings (SSSR count). The van der Waals surface area contributed by atoms with Gasteiger partial charge in [-0.05, 0) is 17.7 Å². The monoisotopic (exact) mass is 309 g/mol. The highest BCUT2D eigenvalue weighted by Gasteiger charge is 2.32. The van der Waals surface area contributed by atoms with Crippen LogP contribution in [-0.2, 0) is 0 Å². The number of nitro groups is 1. The summed E-state index contributed by atoms with van der Waals surface area (Å²) in [5.74, 6) is -0.627. The highest BCUT2D eigenvalue weighted by atomic mass is 16.6. The van der Waals surface area contributed by atoms with Crippen LogP contribution in [0.15, 0.2) is 48.0 Å². The van der Waals surface area contributed by atoms with E-state index in [4.69, 9.17) is 4.74 Å². The number of Topliss-reactive ketones (excluding diaryl/α,β-unsaturated/α-hetero) is 2. The fraction of sp³-hybridized carbons (Fsp3) is 0.0588. The number of carbonyl (C=O) groups excluding carboxylic acids is 2. The van der Waals surface area contributed by atoms with Crippen molar-refractivity contribution in [1.82, 2.24) is 0 Å². The third-order valence-electron chi connectivity index (χ3n) is 3.62. The molecule has 0 N–H and O–H groups in total. The van der Waals surface area contributed by atoms with Crippen LogP contribution in [-0.4, -0.2) is 23.6 Å². The van der Waals surface area contributed by atoms with Crippen molar-refractivity contribution < 1.29 is 19.2 Å². The number of fused-ring (bicyclic) bond motifs is 1. The maximum Gasteiger partial charge on any atom is 0.311 e. The van der Waals surface area contributed by atoms with Crippen LogP contribution in [0.3, 0.4) is 0 Å². The lowest BCUT2D eigenvalue weighted by atomic mass is 10.1. The van der Waals surface area contributed by atoms with E-state index in [1.54, 1.807) is 30.3 Å². The lowest BCUT2D eigenvalue weighted by molar-refractivity contribution is -0.385. The van der Waals surface area contributed by atoms with Gasteiger partial charge in [0.15, 0.2) is 17.3 Å². The van der Waals surface area contributed by atoms with Gasteiger partial charge in [0.2, 0.25) is 0 Å². The van der Waals surface area contributed by atoms with Gasteiger partial charge >= 0.3 is 5.69 Å². The second kappa shape index (κ2) is 5.49. The molecule has 23 heavy (non-hydrogen) atoms. The molecule has 0 radical (unpaired) electrons. The van der Waals surface area contributed by atoms with Crippen molar-refractivity contribution in [2.45, 2.75) is 0 Å². The van der Waals surface area contributed by atoms with Crippen LogP contribution in [0.4, 0.5) is 5.69 Å². The van der Waals surface area contributed by atoms with Crippen LogP contribution < -0.4 is 4.74 Å². The van der Waals surface area contributed by atoms with E-state index in [2.05, 4.69) is 0 Å². The molecule has 0 fully saturated rings. The van der Waals surface area contributed by atoms with Gasteiger partial charge in [0, 0.05) is 17.2 Å². The number of nitrogens with zero attached hydrogens (tertiary/aromatic N) is 1. The third-order valence-corrected chi connectivity index (χ3v) is 3.62. The largest absolute Gasteiger partial charge is 0.490 e. The van der Waals surface area contributed by atoms with Gasteiger partial charge in [-0.3, -0.25) is 19.7 Å². The van der Waals surface area contributed by atoms with E-state index in [1.807, 2.05) is 0 Å². The van der Waals surface area contributed by atoms with Crippen molar-refractivity contribution in [1.29, 1.82) is 0 Å². The Bertz CT molecular complexity index is 845. The molecule has 2 aromatic carbocycles. The summed E-state index contributed by atoms with van der Waals surface area (Å²) in [5.41, 5.74) is 0.878. The summed E-state index contributed by atoms with van der Waals surface area (Å²) in [7, 11) is 1.33. The van der Waals surface area contributed by atoms with Crippen LogP contribution in [0.5, 0.6) is 5.75 Å². The average molecular weight is 309 g/mol. The fourth-order valence-electron chi connectivity index (χ4n) is 2.51. The Morgan fingerprint density at radius 3 is 2.17 bits per heavy atom. The highest BCUT2D eigenvalue weighted by molar-refractivity contribution is 6.41. The molecule has 0 unspecified atom stereocenters. The molecule has 0 spiro atoms. The highest BCUT2D eigenvalue weighted by Crippen LogP contribution is 2.31. The number of carbonyl (C=O) groups is 2. The van der Waals surface area contributed by atoms with Gasteiger partial charge in [0.05, 0.1) is 17.6 Å². The Kier molecular flexibility index (Phi) is 3.50. The first kappa shape index (κ1) is 14.6. The zero-order valence-corrected chi connectivity index (χ0v) is 12.1. The van der Waals surface area contributed by atoms with Gasteiger partial charge in [-0.25, -0.2) is 0 Å². The summed E-state index contributed by atoms with van der Waals surface area (Å²) in [6, 6.07) is 10.8. The molecule has 0 heterocycles. The molecule has 0 saturated heterocycles. The van der Waals surface area contributed by atoms with Crippen molar-refractivity contribution in [2.24, 2.45) is 0 Å². The lowest BCUT2D eigenvalue weighted by Crippen LogP contribution is -2.00. The minimum atomic E-state index is -0.576. The molecule has 0 saturated carbocycles. The van der Waals surface area contributed by atoms with E-state index >= 15 is 0 Å². The van der Waals surface area contributed by atoms with Crippen molar-refractivity contribution >= 4 is 23.3 Å². The summed E-state index contributed by atoms with van der Waals surface area (Å²) in [4.78, 5) is 35.1. The topological polar surface area (TPSA) is 86.5 Å². The Balaban J connectivity index is 2.07. The van der Waals surface area contributed by atoms with E-state index in [0.717, 1.165) is 0 Å². The standard InChI is InChI=1S/C17H11NO5/c1-23-15-7-6-10(9-14(15)18(21)22)8-13-16(19)11-4-2-3-5-12(11)17(13)20/h2-9H,1H3. The summed E-state index contributed by atoms with van der Waals surface area (Å²) in [6.07, 6.45) is 1.37. The minimum Gasteiger partial charge on any atom is -0.490 e. The summed E-state index contributed by atoms with van der Waals surface area (Å²) in [6.45, 7) is 0. The van der Waals surface area contributed by atoms with Gasteiger partial charge in [-0.2, -0.15) is 0 Å². The van der Waals surface area contributed by atoms with Crippen molar-refractivity contribution in [3.63, 3.8) is 0 Å². The first-order valence-corrected chi connectivity index (χ1v) is 6.75. The van der Waals surface area contributed by atoms with Gasteiger partial charge in [0.25, 0.3) is 0 Å². The van der Waals surface area contributed by atoms with E-state index in [-0.39, 0.29) is 28.6 Å². The zero-order chi connectivity index (χ0) is 16.6. The normalized spacial score (nSPS) is 13.0. The number of hydrogen-bond acceptors (Lipinski definition) is 5. The SMILES string of the molecule is COc1ccc(C=C2C(=O)c3ccccc3C2=O)cc1[N+](=O)[O-]. The predicted octanol–water partition coefficient (Wildman–Crippen LogP) is 3.07. The quantitative estimate of drug-likeness (QED) is 0.376. The number of methoxy groups -OCH3 is 1. The number of benzene rings is 2. The van der Waals surface area contributed by atoms with Crippen LogP contribution in [0.2, 0.25) is 0 Å². The molecule has 114 valence electrons. The number of nitro benzene ring substituents is 1. The van der Waals surface area contributed by atoms with Gasteiger partial charge in [-0.1, -0.05) is 30.3 Å².